The molecule has 0 aromatic heterocycles. The van der Waals surface area contributed by atoms with Crippen molar-refractivity contribution in [2.24, 2.45) is 0 Å². The highest BCUT2D eigenvalue weighted by molar-refractivity contribution is 9.10. The fraction of sp³-hybridized carbons (Fsp3) is 0.250. The summed E-state index contributed by atoms with van der Waals surface area (Å²) in [6, 6.07) is 10.1. The van der Waals surface area contributed by atoms with Gasteiger partial charge in [0.15, 0.2) is 0 Å². The van der Waals surface area contributed by atoms with Crippen molar-refractivity contribution in [1.29, 1.82) is 0 Å². The van der Waals surface area contributed by atoms with Gasteiger partial charge in [0, 0.05) is 0 Å². The van der Waals surface area contributed by atoms with Crippen molar-refractivity contribution in [2.75, 3.05) is 13.7 Å². The Morgan fingerprint density at radius 1 is 1.24 bits per heavy atom. The minimum atomic E-state index is -0.645. The fourth-order valence-electron chi connectivity index (χ4n) is 2.06. The molecule has 0 aliphatic rings. The van der Waals surface area contributed by atoms with E-state index in [1.54, 1.807) is 12.1 Å². The zero-order valence-electron chi connectivity index (χ0n) is 11.7. The van der Waals surface area contributed by atoms with Crippen LogP contribution in [0.1, 0.15) is 23.4 Å². The van der Waals surface area contributed by atoms with Crippen LogP contribution in [0.3, 0.4) is 0 Å². The van der Waals surface area contributed by atoms with E-state index >= 15 is 0 Å². The number of hydrogen-bond donors (Lipinski definition) is 0. The second-order valence-electron chi connectivity index (χ2n) is 4.34. The van der Waals surface area contributed by atoms with Crippen LogP contribution in [-0.2, 0) is 0 Å². The third kappa shape index (κ3) is 3.50. The number of benzene rings is 2. The monoisotopic (exact) mass is 372 g/mol. The van der Waals surface area contributed by atoms with Gasteiger partial charge in [0.05, 0.1) is 29.1 Å². The first kappa shape index (κ1) is 16.1. The number of hydrogen-bond acceptors (Lipinski definition) is 2. The summed E-state index contributed by atoms with van der Waals surface area (Å²) in [5.74, 6) is 0.768. The highest BCUT2D eigenvalue weighted by Crippen LogP contribution is 2.39. The Hall–Kier alpha value is -1.26. The maximum absolute atomic E-state index is 14.1. The number of rotatable bonds is 5. The second kappa shape index (κ2) is 7.14. The van der Waals surface area contributed by atoms with Crippen LogP contribution < -0.4 is 9.47 Å². The lowest BCUT2D eigenvalue weighted by molar-refractivity contribution is 0.338. The molecule has 0 N–H and O–H groups in total. The Balaban J connectivity index is 2.41. The zero-order valence-corrected chi connectivity index (χ0v) is 14.0. The van der Waals surface area contributed by atoms with Gasteiger partial charge in [-0.25, -0.2) is 4.39 Å². The van der Waals surface area contributed by atoms with Crippen LogP contribution in [0.5, 0.6) is 11.5 Å². The standard InChI is InChI=1S/C16H15BrClFO2/c1-3-21-13-8-7-10(9-11(13)17)16(18)15-12(19)5-4-6-14(15)20-2/h4-9,16H,3H2,1-2H3. The minimum Gasteiger partial charge on any atom is -0.496 e. The lowest BCUT2D eigenvalue weighted by Crippen LogP contribution is -2.01. The summed E-state index contributed by atoms with van der Waals surface area (Å²) in [7, 11) is 1.50. The Labute approximate surface area is 137 Å². The Bertz CT molecular complexity index is 634. The SMILES string of the molecule is CCOc1ccc(C(Cl)c2c(F)cccc2OC)cc1Br. The Morgan fingerprint density at radius 2 is 2.00 bits per heavy atom. The molecule has 0 radical (unpaired) electrons. The van der Waals surface area contributed by atoms with Gasteiger partial charge in [-0.15, -0.1) is 11.6 Å². The summed E-state index contributed by atoms with van der Waals surface area (Å²) >= 11 is 9.87. The van der Waals surface area contributed by atoms with Crippen LogP contribution in [0.4, 0.5) is 4.39 Å². The van der Waals surface area contributed by atoms with Gasteiger partial charge in [0.2, 0.25) is 0 Å². The largest absolute Gasteiger partial charge is 0.496 e. The second-order valence-corrected chi connectivity index (χ2v) is 5.63. The molecule has 0 saturated carbocycles. The topological polar surface area (TPSA) is 18.5 Å². The third-order valence-corrected chi connectivity index (χ3v) is 4.12. The van der Waals surface area contributed by atoms with Crippen molar-refractivity contribution in [1.82, 2.24) is 0 Å². The van der Waals surface area contributed by atoms with E-state index in [0.717, 1.165) is 15.8 Å². The van der Waals surface area contributed by atoms with Crippen LogP contribution in [0.15, 0.2) is 40.9 Å². The third-order valence-electron chi connectivity index (χ3n) is 3.03. The summed E-state index contributed by atoms with van der Waals surface area (Å²) in [6.07, 6.45) is 0. The van der Waals surface area contributed by atoms with E-state index in [4.69, 9.17) is 21.1 Å². The van der Waals surface area contributed by atoms with E-state index in [1.165, 1.54) is 13.2 Å². The molecule has 112 valence electrons. The Morgan fingerprint density at radius 3 is 2.62 bits per heavy atom. The lowest BCUT2D eigenvalue weighted by Gasteiger charge is -2.16. The molecule has 0 saturated heterocycles. The summed E-state index contributed by atoms with van der Waals surface area (Å²) in [6.45, 7) is 2.48. The molecule has 1 atom stereocenters. The summed E-state index contributed by atoms with van der Waals surface area (Å²) in [5.41, 5.74) is 1.09. The van der Waals surface area contributed by atoms with Gasteiger partial charge in [0.25, 0.3) is 0 Å². The highest BCUT2D eigenvalue weighted by atomic mass is 79.9. The molecular formula is C16H15BrClFO2. The van der Waals surface area contributed by atoms with Crippen molar-refractivity contribution < 1.29 is 13.9 Å². The zero-order chi connectivity index (χ0) is 15.4. The van der Waals surface area contributed by atoms with E-state index in [1.807, 2.05) is 25.1 Å². The molecule has 0 heterocycles. The molecule has 0 fully saturated rings. The van der Waals surface area contributed by atoms with E-state index in [0.29, 0.717) is 17.9 Å². The van der Waals surface area contributed by atoms with Gasteiger partial charge in [0.1, 0.15) is 17.3 Å². The van der Waals surface area contributed by atoms with Crippen LogP contribution >= 0.6 is 27.5 Å². The van der Waals surface area contributed by atoms with Crippen molar-refractivity contribution in [2.45, 2.75) is 12.3 Å². The van der Waals surface area contributed by atoms with Gasteiger partial charge in [-0.1, -0.05) is 12.1 Å². The van der Waals surface area contributed by atoms with Crippen LogP contribution in [0.25, 0.3) is 0 Å². The number of halogens is 3. The highest BCUT2D eigenvalue weighted by Gasteiger charge is 2.21. The van der Waals surface area contributed by atoms with Crippen LogP contribution in [0.2, 0.25) is 0 Å². The molecule has 2 rings (SSSR count). The molecule has 0 aliphatic heterocycles. The van der Waals surface area contributed by atoms with E-state index < -0.39 is 5.38 Å². The molecule has 21 heavy (non-hydrogen) atoms. The molecular weight excluding hydrogens is 359 g/mol. The van der Waals surface area contributed by atoms with Crippen LogP contribution in [-0.4, -0.2) is 13.7 Å². The molecule has 0 spiro atoms. The van der Waals surface area contributed by atoms with E-state index in [2.05, 4.69) is 15.9 Å². The molecule has 2 aromatic rings. The summed E-state index contributed by atoms with van der Waals surface area (Å²) < 4.78 is 25.5. The van der Waals surface area contributed by atoms with E-state index in [-0.39, 0.29) is 5.82 Å². The fourth-order valence-corrected chi connectivity index (χ4v) is 2.91. The average molecular weight is 374 g/mol. The van der Waals surface area contributed by atoms with Crippen molar-refractivity contribution in [3.8, 4) is 11.5 Å². The predicted octanol–water partition coefficient (Wildman–Crippen LogP) is 5.32. The maximum atomic E-state index is 14.1. The van der Waals surface area contributed by atoms with Crippen molar-refractivity contribution in [3.63, 3.8) is 0 Å². The minimum absolute atomic E-state index is 0.331. The molecule has 0 aliphatic carbocycles. The summed E-state index contributed by atoms with van der Waals surface area (Å²) in [4.78, 5) is 0. The lowest BCUT2D eigenvalue weighted by atomic mass is 10.0. The molecule has 0 amide bonds. The quantitative estimate of drug-likeness (QED) is 0.660. The smallest absolute Gasteiger partial charge is 0.133 e. The molecule has 2 nitrogen and oxygen atoms in total. The molecule has 2 aromatic carbocycles. The predicted molar refractivity (Wildman–Crippen MR) is 86.0 cm³/mol. The van der Waals surface area contributed by atoms with Crippen molar-refractivity contribution in [3.05, 3.63) is 57.8 Å². The molecule has 1 unspecified atom stereocenters. The number of alkyl halides is 1. The van der Waals surface area contributed by atoms with Gasteiger partial charge in [-0.2, -0.15) is 0 Å². The number of ether oxygens (including phenoxy) is 2. The Kier molecular flexibility index (Phi) is 5.48. The van der Waals surface area contributed by atoms with Crippen molar-refractivity contribution >= 4 is 27.5 Å². The van der Waals surface area contributed by atoms with E-state index in [9.17, 15) is 4.39 Å². The average Bonchev–Trinajstić information content (AvgIpc) is 2.48. The van der Waals surface area contributed by atoms with Gasteiger partial charge in [-0.05, 0) is 52.7 Å². The van der Waals surface area contributed by atoms with Gasteiger partial charge < -0.3 is 9.47 Å². The van der Waals surface area contributed by atoms with Crippen LogP contribution in [0, 0.1) is 5.82 Å². The maximum Gasteiger partial charge on any atom is 0.133 e. The van der Waals surface area contributed by atoms with Gasteiger partial charge >= 0.3 is 0 Å². The normalized spacial score (nSPS) is 12.0. The summed E-state index contributed by atoms with van der Waals surface area (Å²) in [5, 5.41) is -0.645. The number of methoxy groups -OCH3 is 1. The first-order valence-corrected chi connectivity index (χ1v) is 7.70. The first-order chi connectivity index (χ1) is 10.1. The van der Waals surface area contributed by atoms with Gasteiger partial charge in [-0.3, -0.25) is 0 Å². The molecule has 5 heteroatoms. The molecule has 0 bridgehead atoms. The first-order valence-electron chi connectivity index (χ1n) is 6.47.